The molecule has 0 radical (unpaired) electrons. The molecule has 0 saturated carbocycles. The fourth-order valence-corrected chi connectivity index (χ4v) is 1.78. The third-order valence-corrected chi connectivity index (χ3v) is 2.89. The number of amides is 1. The van der Waals surface area contributed by atoms with E-state index in [1.165, 1.54) is 4.90 Å². The van der Waals surface area contributed by atoms with E-state index in [0.717, 1.165) is 11.3 Å². The third-order valence-electron chi connectivity index (χ3n) is 2.89. The normalized spacial score (nSPS) is 11.2. The summed E-state index contributed by atoms with van der Waals surface area (Å²) in [5.74, 6) is 1.55. The van der Waals surface area contributed by atoms with Gasteiger partial charge in [-0.1, -0.05) is 5.16 Å². The molecule has 23 heavy (non-hydrogen) atoms. The van der Waals surface area contributed by atoms with E-state index in [0.29, 0.717) is 11.7 Å². The molecule has 0 aliphatic carbocycles. The topological polar surface area (TPSA) is 77.7 Å². The second kappa shape index (κ2) is 6.68. The second-order valence-corrected chi connectivity index (χ2v) is 6.08. The lowest BCUT2D eigenvalue weighted by Gasteiger charge is -2.23. The van der Waals surface area contributed by atoms with Crippen molar-refractivity contribution in [3.05, 3.63) is 30.2 Å². The molecule has 0 atom stereocenters. The van der Waals surface area contributed by atoms with Crippen LogP contribution >= 0.6 is 0 Å². The molecular weight excluding hydrogens is 298 g/mol. The Morgan fingerprint density at radius 1 is 1.26 bits per heavy atom. The Labute approximate surface area is 135 Å². The molecule has 0 unspecified atom stereocenters. The van der Waals surface area contributed by atoms with E-state index < -0.39 is 11.7 Å². The highest BCUT2D eigenvalue weighted by Gasteiger charge is 2.21. The Balaban J connectivity index is 2.02. The predicted octanol–water partition coefficient (Wildman–Crippen LogP) is 3.11. The largest absolute Gasteiger partial charge is 0.497 e. The first-order valence-electron chi connectivity index (χ1n) is 7.19. The number of nitrogens with zero attached hydrogens (tertiary/aromatic N) is 3. The Bertz CT molecular complexity index is 659. The average Bonchev–Trinajstić information content (AvgIpc) is 2.94. The van der Waals surface area contributed by atoms with E-state index >= 15 is 0 Å². The van der Waals surface area contributed by atoms with Gasteiger partial charge in [0.25, 0.3) is 0 Å². The Morgan fingerprint density at radius 3 is 2.48 bits per heavy atom. The van der Waals surface area contributed by atoms with Crippen LogP contribution < -0.4 is 4.74 Å². The average molecular weight is 319 g/mol. The molecule has 0 aliphatic heterocycles. The van der Waals surface area contributed by atoms with Crippen molar-refractivity contribution in [1.29, 1.82) is 0 Å². The Kier molecular flexibility index (Phi) is 4.88. The predicted molar refractivity (Wildman–Crippen MR) is 84.0 cm³/mol. The fourth-order valence-electron chi connectivity index (χ4n) is 1.78. The van der Waals surface area contributed by atoms with Crippen LogP contribution in [-0.4, -0.2) is 40.9 Å². The van der Waals surface area contributed by atoms with E-state index in [1.807, 2.05) is 45.0 Å². The highest BCUT2D eigenvalue weighted by atomic mass is 16.6. The zero-order valence-corrected chi connectivity index (χ0v) is 14.0. The fraction of sp³-hybridized carbons (Fsp3) is 0.438. The molecule has 7 heteroatoms. The van der Waals surface area contributed by atoms with E-state index in [9.17, 15) is 4.79 Å². The van der Waals surface area contributed by atoms with E-state index in [-0.39, 0.29) is 6.54 Å². The van der Waals surface area contributed by atoms with Gasteiger partial charge in [0.05, 0.1) is 7.11 Å². The molecule has 7 nitrogen and oxygen atoms in total. The quantitative estimate of drug-likeness (QED) is 0.861. The molecule has 124 valence electrons. The van der Waals surface area contributed by atoms with Crippen molar-refractivity contribution in [3.8, 4) is 17.1 Å². The standard InChI is InChI=1S/C16H21N3O4/c1-16(2,3)22-15(20)19(4)10-13-17-14(18-23-13)11-6-8-12(21-5)9-7-11/h6-9H,10H2,1-5H3. The molecule has 1 aromatic heterocycles. The van der Waals surface area contributed by atoms with Crippen molar-refractivity contribution in [2.45, 2.75) is 32.9 Å². The van der Waals surface area contributed by atoms with Crippen molar-refractivity contribution in [2.24, 2.45) is 0 Å². The highest BCUT2D eigenvalue weighted by molar-refractivity contribution is 5.67. The van der Waals surface area contributed by atoms with Crippen molar-refractivity contribution in [2.75, 3.05) is 14.2 Å². The van der Waals surface area contributed by atoms with Gasteiger partial charge in [-0.3, -0.25) is 0 Å². The summed E-state index contributed by atoms with van der Waals surface area (Å²) in [5, 5.41) is 3.92. The second-order valence-electron chi connectivity index (χ2n) is 6.08. The summed E-state index contributed by atoms with van der Waals surface area (Å²) < 4.78 is 15.6. The first-order chi connectivity index (χ1) is 10.8. The van der Waals surface area contributed by atoms with Gasteiger partial charge in [0.15, 0.2) is 0 Å². The van der Waals surface area contributed by atoms with Crippen LogP contribution in [-0.2, 0) is 11.3 Å². The lowest BCUT2D eigenvalue weighted by molar-refractivity contribution is 0.0268. The number of hydrogen-bond acceptors (Lipinski definition) is 6. The van der Waals surface area contributed by atoms with Gasteiger partial charge in [-0.15, -0.1) is 0 Å². The molecular formula is C16H21N3O4. The summed E-state index contributed by atoms with van der Waals surface area (Å²) in [5.41, 5.74) is 0.259. The van der Waals surface area contributed by atoms with Crippen LogP contribution in [0, 0.1) is 0 Å². The van der Waals surface area contributed by atoms with Crippen molar-refractivity contribution in [1.82, 2.24) is 15.0 Å². The van der Waals surface area contributed by atoms with Gasteiger partial charge in [-0.2, -0.15) is 4.98 Å². The minimum atomic E-state index is -0.547. The van der Waals surface area contributed by atoms with Gasteiger partial charge in [-0.05, 0) is 45.0 Å². The molecule has 0 bridgehead atoms. The maximum atomic E-state index is 11.9. The molecule has 0 aliphatic rings. The Hall–Kier alpha value is -2.57. The molecule has 0 fully saturated rings. The molecule has 2 aromatic rings. The maximum absolute atomic E-state index is 11.9. The van der Waals surface area contributed by atoms with Gasteiger partial charge < -0.3 is 18.9 Å². The van der Waals surface area contributed by atoms with Crippen LogP contribution in [0.5, 0.6) is 5.75 Å². The van der Waals surface area contributed by atoms with Gasteiger partial charge in [0.1, 0.15) is 17.9 Å². The number of methoxy groups -OCH3 is 1. The summed E-state index contributed by atoms with van der Waals surface area (Å²) in [6.45, 7) is 5.62. The van der Waals surface area contributed by atoms with Crippen molar-refractivity contribution < 1.29 is 18.8 Å². The molecule has 0 spiro atoms. The number of carbonyl (C=O) groups is 1. The maximum Gasteiger partial charge on any atom is 0.410 e. The van der Waals surface area contributed by atoms with Crippen LogP contribution in [0.25, 0.3) is 11.4 Å². The highest BCUT2D eigenvalue weighted by Crippen LogP contribution is 2.20. The van der Waals surface area contributed by atoms with Crippen molar-refractivity contribution >= 4 is 6.09 Å². The number of benzene rings is 1. The smallest absolute Gasteiger partial charge is 0.410 e. The van der Waals surface area contributed by atoms with Crippen LogP contribution in [0.1, 0.15) is 26.7 Å². The van der Waals surface area contributed by atoms with E-state index in [1.54, 1.807) is 14.2 Å². The number of rotatable bonds is 4. The van der Waals surface area contributed by atoms with E-state index in [2.05, 4.69) is 10.1 Å². The molecule has 1 heterocycles. The lowest BCUT2D eigenvalue weighted by Crippen LogP contribution is -2.33. The summed E-state index contributed by atoms with van der Waals surface area (Å²) >= 11 is 0. The van der Waals surface area contributed by atoms with Crippen LogP contribution in [0.15, 0.2) is 28.8 Å². The van der Waals surface area contributed by atoms with E-state index in [4.69, 9.17) is 14.0 Å². The summed E-state index contributed by atoms with van der Waals surface area (Å²) in [7, 11) is 3.22. The Morgan fingerprint density at radius 2 is 1.91 bits per heavy atom. The first kappa shape index (κ1) is 16.8. The summed E-state index contributed by atoms with van der Waals surface area (Å²) in [6, 6.07) is 7.31. The molecule has 0 saturated heterocycles. The zero-order valence-electron chi connectivity index (χ0n) is 14.0. The molecule has 1 aromatic carbocycles. The molecule has 2 rings (SSSR count). The van der Waals surface area contributed by atoms with Crippen LogP contribution in [0.4, 0.5) is 4.79 Å². The minimum absolute atomic E-state index is 0.179. The van der Waals surface area contributed by atoms with Crippen LogP contribution in [0.2, 0.25) is 0 Å². The lowest BCUT2D eigenvalue weighted by atomic mass is 10.2. The number of ether oxygens (including phenoxy) is 2. The van der Waals surface area contributed by atoms with Gasteiger partial charge in [0, 0.05) is 12.6 Å². The number of aromatic nitrogens is 2. The first-order valence-corrected chi connectivity index (χ1v) is 7.19. The monoisotopic (exact) mass is 319 g/mol. The third kappa shape index (κ3) is 4.70. The van der Waals surface area contributed by atoms with Gasteiger partial charge >= 0.3 is 6.09 Å². The zero-order chi connectivity index (χ0) is 17.0. The van der Waals surface area contributed by atoms with Gasteiger partial charge in [-0.25, -0.2) is 4.79 Å². The SMILES string of the molecule is COc1ccc(-c2noc(CN(C)C(=O)OC(C)(C)C)n2)cc1. The minimum Gasteiger partial charge on any atom is -0.497 e. The van der Waals surface area contributed by atoms with Crippen LogP contribution in [0.3, 0.4) is 0 Å². The number of carbonyl (C=O) groups excluding carboxylic acids is 1. The molecule has 1 amide bonds. The summed E-state index contributed by atoms with van der Waals surface area (Å²) in [4.78, 5) is 17.6. The van der Waals surface area contributed by atoms with Gasteiger partial charge in [0.2, 0.25) is 11.7 Å². The molecule has 0 N–H and O–H groups in total. The van der Waals surface area contributed by atoms with Crippen molar-refractivity contribution in [3.63, 3.8) is 0 Å². The summed E-state index contributed by atoms with van der Waals surface area (Å²) in [6.07, 6.45) is -0.443. The number of hydrogen-bond donors (Lipinski definition) is 0.